The van der Waals surface area contributed by atoms with Crippen LogP contribution in [0.2, 0.25) is 0 Å². The molecule has 1 atom stereocenters. The minimum atomic E-state index is -0.132. The predicted octanol–water partition coefficient (Wildman–Crippen LogP) is 0.763. The van der Waals surface area contributed by atoms with Gasteiger partial charge < -0.3 is 19.7 Å². The van der Waals surface area contributed by atoms with Gasteiger partial charge in [0, 0.05) is 38.9 Å². The van der Waals surface area contributed by atoms with Crippen LogP contribution in [-0.4, -0.2) is 54.2 Å². The van der Waals surface area contributed by atoms with Gasteiger partial charge in [0.05, 0.1) is 37.4 Å². The lowest BCUT2D eigenvalue weighted by Gasteiger charge is -2.34. The summed E-state index contributed by atoms with van der Waals surface area (Å²) in [5, 5.41) is 16.6. The van der Waals surface area contributed by atoms with Crippen molar-refractivity contribution in [1.82, 2.24) is 14.8 Å². The highest BCUT2D eigenvalue weighted by Crippen LogP contribution is 2.23. The Morgan fingerprint density at radius 2 is 2.37 bits per heavy atom. The van der Waals surface area contributed by atoms with Crippen LogP contribution in [0.1, 0.15) is 12.0 Å². The first kappa shape index (κ1) is 18.7. The summed E-state index contributed by atoms with van der Waals surface area (Å²) in [6.45, 7) is 2.63. The first-order valence-corrected chi connectivity index (χ1v) is 8.69. The minimum Gasteiger partial charge on any atom is -0.480 e. The zero-order valence-electron chi connectivity index (χ0n) is 15.4. The number of aryl methyl sites for hydroxylation is 1. The highest BCUT2D eigenvalue weighted by Gasteiger charge is 2.21. The summed E-state index contributed by atoms with van der Waals surface area (Å²) in [6.07, 6.45) is 4.07. The normalized spacial score (nSPS) is 16.6. The molecule has 142 valence electrons. The lowest BCUT2D eigenvalue weighted by molar-refractivity contribution is 0.0375. The number of nitrogens with zero attached hydrogens (tertiary/aromatic N) is 5. The maximum absolute atomic E-state index is 11.8. The third-order valence-electron chi connectivity index (χ3n) is 4.46. The van der Waals surface area contributed by atoms with Crippen LogP contribution in [0, 0.1) is 11.3 Å². The molecule has 1 aliphatic heterocycles. The van der Waals surface area contributed by atoms with E-state index in [1.165, 1.54) is 11.8 Å². The molecule has 0 saturated carbocycles. The summed E-state index contributed by atoms with van der Waals surface area (Å²) < 4.78 is 12.3. The molecule has 2 aromatic rings. The van der Waals surface area contributed by atoms with Crippen LogP contribution in [0.15, 0.2) is 29.3 Å². The van der Waals surface area contributed by atoms with Crippen molar-refractivity contribution in [2.75, 3.05) is 43.6 Å². The van der Waals surface area contributed by atoms with Crippen molar-refractivity contribution >= 4 is 11.4 Å². The van der Waals surface area contributed by atoms with Gasteiger partial charge >= 0.3 is 0 Å². The molecule has 0 bridgehead atoms. The molecule has 1 unspecified atom stereocenters. The predicted molar refractivity (Wildman–Crippen MR) is 100 cm³/mol. The van der Waals surface area contributed by atoms with Crippen molar-refractivity contribution in [2.24, 2.45) is 7.05 Å². The second-order valence-corrected chi connectivity index (χ2v) is 6.18. The van der Waals surface area contributed by atoms with Gasteiger partial charge in [-0.2, -0.15) is 10.4 Å². The van der Waals surface area contributed by atoms with Crippen LogP contribution in [0.3, 0.4) is 0 Å². The third-order valence-corrected chi connectivity index (χ3v) is 4.46. The molecule has 1 saturated heterocycles. The second kappa shape index (κ2) is 8.51. The molecule has 0 radical (unpaired) electrons. The molecule has 1 N–H and O–H groups in total. The number of hydrogen-bond donors (Lipinski definition) is 1. The van der Waals surface area contributed by atoms with E-state index < -0.39 is 0 Å². The first-order chi connectivity index (χ1) is 13.1. The number of rotatable bonds is 6. The van der Waals surface area contributed by atoms with Gasteiger partial charge in [0.15, 0.2) is 0 Å². The Morgan fingerprint density at radius 3 is 3.11 bits per heavy atom. The smallest absolute Gasteiger partial charge is 0.268 e. The molecule has 27 heavy (non-hydrogen) atoms. The van der Waals surface area contributed by atoms with Gasteiger partial charge in [0.25, 0.3) is 5.56 Å². The van der Waals surface area contributed by atoms with Crippen LogP contribution in [0.5, 0.6) is 5.88 Å². The van der Waals surface area contributed by atoms with Crippen LogP contribution < -0.4 is 20.5 Å². The molecule has 1 aliphatic rings. The topological polar surface area (TPSA) is 105 Å². The molecule has 0 amide bonds. The first-order valence-electron chi connectivity index (χ1n) is 8.69. The van der Waals surface area contributed by atoms with E-state index in [1.807, 2.05) is 0 Å². The zero-order chi connectivity index (χ0) is 19.2. The number of nitriles is 1. The molecule has 9 heteroatoms. The molecule has 1 fully saturated rings. The van der Waals surface area contributed by atoms with Gasteiger partial charge in [-0.15, -0.1) is 0 Å². The molecule has 2 aromatic heterocycles. The number of nitrogens with one attached hydrogen (secondary N) is 1. The lowest BCUT2D eigenvalue weighted by atomic mass is 10.2. The van der Waals surface area contributed by atoms with E-state index in [1.54, 1.807) is 31.6 Å². The molecule has 0 aromatic carbocycles. The van der Waals surface area contributed by atoms with Crippen LogP contribution in [0.25, 0.3) is 0 Å². The number of ether oxygens (including phenoxy) is 2. The Balaban J connectivity index is 1.58. The maximum Gasteiger partial charge on any atom is 0.268 e. The van der Waals surface area contributed by atoms with Gasteiger partial charge in [-0.3, -0.25) is 4.79 Å². The van der Waals surface area contributed by atoms with Crippen molar-refractivity contribution in [1.29, 1.82) is 5.26 Å². The lowest BCUT2D eigenvalue weighted by Crippen LogP contribution is -2.43. The molecular formula is C18H22N6O3. The summed E-state index contributed by atoms with van der Waals surface area (Å²) >= 11 is 0. The van der Waals surface area contributed by atoms with E-state index in [2.05, 4.69) is 26.4 Å². The van der Waals surface area contributed by atoms with Gasteiger partial charge in [-0.25, -0.2) is 9.67 Å². The van der Waals surface area contributed by atoms with Crippen LogP contribution in [-0.2, 0) is 11.8 Å². The van der Waals surface area contributed by atoms with E-state index in [9.17, 15) is 10.1 Å². The van der Waals surface area contributed by atoms with E-state index in [0.29, 0.717) is 36.8 Å². The SMILES string of the molecule is COc1nccc(NCCC2CN(c3cnn(C)c(=O)c3)CCO2)c1C#N. The van der Waals surface area contributed by atoms with Crippen molar-refractivity contribution in [3.8, 4) is 11.9 Å². The fourth-order valence-corrected chi connectivity index (χ4v) is 2.98. The molecule has 3 rings (SSSR count). The van der Waals surface area contributed by atoms with E-state index in [4.69, 9.17) is 9.47 Å². The van der Waals surface area contributed by atoms with E-state index in [0.717, 1.165) is 18.7 Å². The van der Waals surface area contributed by atoms with Crippen molar-refractivity contribution in [3.05, 3.63) is 40.4 Å². The Bertz CT molecular complexity index is 891. The Morgan fingerprint density at radius 1 is 1.52 bits per heavy atom. The zero-order valence-corrected chi connectivity index (χ0v) is 15.4. The van der Waals surface area contributed by atoms with Crippen molar-refractivity contribution in [2.45, 2.75) is 12.5 Å². The van der Waals surface area contributed by atoms with Crippen molar-refractivity contribution in [3.63, 3.8) is 0 Å². The molecular weight excluding hydrogens is 348 g/mol. The van der Waals surface area contributed by atoms with Gasteiger partial charge in [-0.1, -0.05) is 0 Å². The number of morpholine rings is 1. The molecule has 3 heterocycles. The van der Waals surface area contributed by atoms with E-state index >= 15 is 0 Å². The van der Waals surface area contributed by atoms with Gasteiger partial charge in [-0.05, 0) is 12.5 Å². The summed E-state index contributed by atoms with van der Waals surface area (Å²) in [4.78, 5) is 17.9. The van der Waals surface area contributed by atoms with Gasteiger partial charge in [0.1, 0.15) is 11.6 Å². The quantitative estimate of drug-likeness (QED) is 0.795. The number of anilines is 2. The Labute approximate surface area is 157 Å². The third kappa shape index (κ3) is 4.35. The van der Waals surface area contributed by atoms with E-state index in [-0.39, 0.29) is 11.7 Å². The average molecular weight is 370 g/mol. The van der Waals surface area contributed by atoms with Crippen molar-refractivity contribution < 1.29 is 9.47 Å². The Hall–Kier alpha value is -3.12. The second-order valence-electron chi connectivity index (χ2n) is 6.18. The maximum atomic E-state index is 11.8. The van der Waals surface area contributed by atoms with Crippen LogP contribution in [0.4, 0.5) is 11.4 Å². The highest BCUT2D eigenvalue weighted by atomic mass is 16.5. The summed E-state index contributed by atoms with van der Waals surface area (Å²) in [5.41, 5.74) is 1.75. The number of pyridine rings is 1. The summed E-state index contributed by atoms with van der Waals surface area (Å²) in [7, 11) is 3.12. The standard InChI is InChI=1S/C18H22N6O3/c1-23-17(25)9-13(11-22-23)24-7-8-27-14(12-24)3-5-20-16-4-6-21-18(26-2)15(16)10-19/h4,6,9,11,14H,3,5,7-8,12H2,1-2H3,(H,20,21). The highest BCUT2D eigenvalue weighted by molar-refractivity contribution is 5.61. The number of methoxy groups -OCH3 is 1. The summed E-state index contributed by atoms with van der Waals surface area (Å²) in [6, 6.07) is 5.46. The number of hydrogen-bond acceptors (Lipinski definition) is 8. The fourth-order valence-electron chi connectivity index (χ4n) is 2.98. The molecule has 0 spiro atoms. The average Bonchev–Trinajstić information content (AvgIpc) is 2.70. The fraction of sp³-hybridized carbons (Fsp3) is 0.444. The minimum absolute atomic E-state index is 0.0181. The van der Waals surface area contributed by atoms with Crippen LogP contribution >= 0.6 is 0 Å². The number of aromatic nitrogens is 3. The molecule has 9 nitrogen and oxygen atoms in total. The largest absolute Gasteiger partial charge is 0.480 e. The monoisotopic (exact) mass is 370 g/mol. The Kier molecular flexibility index (Phi) is 5.88. The van der Waals surface area contributed by atoms with Gasteiger partial charge in [0.2, 0.25) is 5.88 Å². The molecule has 0 aliphatic carbocycles. The summed E-state index contributed by atoms with van der Waals surface area (Å²) in [5.74, 6) is 0.306.